The number of phenolic OH excluding ortho intramolecular Hbond substituents is 1. The second-order valence-electron chi connectivity index (χ2n) is 3.33. The van der Waals surface area contributed by atoms with Crippen molar-refractivity contribution >= 4 is 5.82 Å². The summed E-state index contributed by atoms with van der Waals surface area (Å²) in [7, 11) is 1.54. The zero-order valence-electron chi connectivity index (χ0n) is 9.21. The lowest BCUT2D eigenvalue weighted by atomic mass is 10.1. The maximum atomic E-state index is 9.81. The Kier molecular flexibility index (Phi) is 3.06. The normalized spacial score (nSPS) is 10.0. The number of methoxy groups -OCH3 is 1. The minimum atomic E-state index is 0.0899. The number of nitrogens with two attached hydrogens (primary N) is 1. The number of hydrogen-bond acceptors (Lipinski definition) is 6. The molecule has 0 amide bonds. The van der Waals surface area contributed by atoms with E-state index in [1.165, 1.54) is 13.2 Å². The van der Waals surface area contributed by atoms with Gasteiger partial charge in [0.2, 0.25) is 0 Å². The molecule has 0 saturated heterocycles. The van der Waals surface area contributed by atoms with E-state index in [9.17, 15) is 5.11 Å². The van der Waals surface area contributed by atoms with Crippen LogP contribution in [0.25, 0.3) is 11.3 Å². The molecule has 6 heteroatoms. The molecule has 1 heterocycles. The minimum absolute atomic E-state index is 0.0899. The number of nitrogens with zero attached hydrogens (tertiary/aromatic N) is 2. The third-order valence-electron chi connectivity index (χ3n) is 2.29. The quantitative estimate of drug-likeness (QED) is 0.543. The van der Waals surface area contributed by atoms with E-state index in [2.05, 4.69) is 15.6 Å². The van der Waals surface area contributed by atoms with Crippen LogP contribution in [0.5, 0.6) is 11.5 Å². The summed E-state index contributed by atoms with van der Waals surface area (Å²) in [6, 6.07) is 8.36. The van der Waals surface area contributed by atoms with Gasteiger partial charge in [-0.2, -0.15) is 0 Å². The van der Waals surface area contributed by atoms with Gasteiger partial charge >= 0.3 is 0 Å². The second kappa shape index (κ2) is 4.67. The van der Waals surface area contributed by atoms with Crippen molar-refractivity contribution in [2.45, 2.75) is 0 Å². The van der Waals surface area contributed by atoms with Crippen LogP contribution in [0.15, 0.2) is 30.3 Å². The highest BCUT2D eigenvalue weighted by Crippen LogP contribution is 2.30. The van der Waals surface area contributed by atoms with Crippen molar-refractivity contribution in [3.05, 3.63) is 30.3 Å². The van der Waals surface area contributed by atoms with Gasteiger partial charge in [0.1, 0.15) is 11.5 Å². The molecule has 88 valence electrons. The first kappa shape index (κ1) is 11.2. The summed E-state index contributed by atoms with van der Waals surface area (Å²) >= 11 is 0. The fourth-order valence-electron chi connectivity index (χ4n) is 1.41. The van der Waals surface area contributed by atoms with Crippen molar-refractivity contribution < 1.29 is 9.84 Å². The van der Waals surface area contributed by atoms with Crippen molar-refractivity contribution in [2.75, 3.05) is 12.5 Å². The second-order valence-corrected chi connectivity index (χ2v) is 3.33. The van der Waals surface area contributed by atoms with Crippen LogP contribution in [0.1, 0.15) is 0 Å². The molecule has 0 aliphatic carbocycles. The summed E-state index contributed by atoms with van der Waals surface area (Å²) in [4.78, 5) is 0. The fraction of sp³-hybridized carbons (Fsp3) is 0.0909. The molecule has 0 radical (unpaired) electrons. The van der Waals surface area contributed by atoms with Crippen LogP contribution in [0.3, 0.4) is 0 Å². The molecule has 4 N–H and O–H groups in total. The van der Waals surface area contributed by atoms with Crippen LogP contribution in [0.2, 0.25) is 0 Å². The highest BCUT2D eigenvalue weighted by molar-refractivity contribution is 5.68. The van der Waals surface area contributed by atoms with E-state index in [4.69, 9.17) is 10.6 Å². The van der Waals surface area contributed by atoms with Crippen molar-refractivity contribution in [3.8, 4) is 22.8 Å². The highest BCUT2D eigenvalue weighted by Gasteiger charge is 2.07. The molecule has 0 aliphatic rings. The average molecular weight is 232 g/mol. The first-order valence-corrected chi connectivity index (χ1v) is 4.92. The average Bonchev–Trinajstić information content (AvgIpc) is 2.39. The predicted molar refractivity (Wildman–Crippen MR) is 63.5 cm³/mol. The molecule has 0 unspecified atom stereocenters. The number of hydrogen-bond donors (Lipinski definition) is 3. The maximum Gasteiger partial charge on any atom is 0.162 e. The molecule has 0 saturated carbocycles. The van der Waals surface area contributed by atoms with Gasteiger partial charge in [-0.05, 0) is 24.3 Å². The molecule has 2 rings (SSSR count). The van der Waals surface area contributed by atoms with Gasteiger partial charge in [0.05, 0.1) is 12.8 Å². The van der Waals surface area contributed by atoms with E-state index in [0.29, 0.717) is 22.8 Å². The van der Waals surface area contributed by atoms with E-state index in [0.717, 1.165) is 0 Å². The number of anilines is 1. The van der Waals surface area contributed by atoms with E-state index in [-0.39, 0.29) is 5.75 Å². The largest absolute Gasteiger partial charge is 0.507 e. The van der Waals surface area contributed by atoms with Crippen molar-refractivity contribution in [1.82, 2.24) is 10.2 Å². The molecule has 0 aliphatic heterocycles. The minimum Gasteiger partial charge on any atom is -0.507 e. The van der Waals surface area contributed by atoms with E-state index in [1.807, 2.05) is 0 Å². The maximum absolute atomic E-state index is 9.81. The van der Waals surface area contributed by atoms with Gasteiger partial charge < -0.3 is 15.3 Å². The monoisotopic (exact) mass is 232 g/mol. The lowest BCUT2D eigenvalue weighted by Crippen LogP contribution is -2.09. The first-order chi connectivity index (χ1) is 8.24. The summed E-state index contributed by atoms with van der Waals surface area (Å²) in [5.74, 6) is 6.32. The molecule has 2 aromatic rings. The number of aromatic hydroxyl groups is 1. The zero-order chi connectivity index (χ0) is 12.3. The molecule has 6 nitrogen and oxygen atoms in total. The molecule has 0 bridgehead atoms. The summed E-state index contributed by atoms with van der Waals surface area (Å²) in [6.45, 7) is 0. The third-order valence-corrected chi connectivity index (χ3v) is 2.29. The molecule has 0 spiro atoms. The number of phenols is 1. The van der Waals surface area contributed by atoms with Gasteiger partial charge in [0.25, 0.3) is 0 Å². The highest BCUT2D eigenvalue weighted by atomic mass is 16.5. The van der Waals surface area contributed by atoms with Crippen molar-refractivity contribution in [3.63, 3.8) is 0 Å². The Hall–Kier alpha value is -2.34. The number of ether oxygens (including phenoxy) is 1. The van der Waals surface area contributed by atoms with Crippen LogP contribution in [0.4, 0.5) is 5.82 Å². The summed E-state index contributed by atoms with van der Waals surface area (Å²) in [5, 5.41) is 17.6. The van der Waals surface area contributed by atoms with Gasteiger partial charge in [0.15, 0.2) is 5.82 Å². The molecule has 17 heavy (non-hydrogen) atoms. The summed E-state index contributed by atoms with van der Waals surface area (Å²) < 4.78 is 5.00. The topological polar surface area (TPSA) is 93.3 Å². The SMILES string of the molecule is COc1ccc(-c2ccc(NN)nn2)c(O)c1. The van der Waals surface area contributed by atoms with E-state index in [1.54, 1.807) is 24.3 Å². The van der Waals surface area contributed by atoms with Crippen molar-refractivity contribution in [2.24, 2.45) is 5.84 Å². The van der Waals surface area contributed by atoms with E-state index >= 15 is 0 Å². The number of benzene rings is 1. The first-order valence-electron chi connectivity index (χ1n) is 4.92. The molecular formula is C11H12N4O2. The van der Waals surface area contributed by atoms with Crippen LogP contribution in [0, 0.1) is 0 Å². The zero-order valence-corrected chi connectivity index (χ0v) is 9.21. The Balaban J connectivity index is 2.38. The number of aromatic nitrogens is 2. The molecule has 0 fully saturated rings. The lowest BCUT2D eigenvalue weighted by molar-refractivity contribution is 0.408. The van der Waals surface area contributed by atoms with Gasteiger partial charge in [0, 0.05) is 11.6 Å². The van der Waals surface area contributed by atoms with Crippen LogP contribution in [-0.2, 0) is 0 Å². The molecule has 0 atom stereocenters. The van der Waals surface area contributed by atoms with Gasteiger partial charge in [-0.1, -0.05) is 0 Å². The standard InChI is InChI=1S/C11H12N4O2/c1-17-7-2-3-8(10(16)6-7)9-4-5-11(13-12)15-14-9/h2-6,16H,12H2,1H3,(H,13,15). The van der Waals surface area contributed by atoms with Crippen LogP contribution >= 0.6 is 0 Å². The molecular weight excluding hydrogens is 220 g/mol. The Morgan fingerprint density at radius 3 is 2.59 bits per heavy atom. The molecule has 1 aromatic carbocycles. The number of nitrogen functional groups attached to an aromatic ring is 1. The Morgan fingerprint density at radius 2 is 2.06 bits per heavy atom. The van der Waals surface area contributed by atoms with Gasteiger partial charge in [-0.15, -0.1) is 10.2 Å². The number of hydrazine groups is 1. The fourth-order valence-corrected chi connectivity index (χ4v) is 1.41. The lowest BCUT2D eigenvalue weighted by Gasteiger charge is -2.06. The summed E-state index contributed by atoms with van der Waals surface area (Å²) in [6.07, 6.45) is 0. The molecule has 1 aromatic heterocycles. The Morgan fingerprint density at radius 1 is 1.24 bits per heavy atom. The van der Waals surface area contributed by atoms with Gasteiger partial charge in [-0.25, -0.2) is 5.84 Å². The van der Waals surface area contributed by atoms with Crippen molar-refractivity contribution in [1.29, 1.82) is 0 Å². The van der Waals surface area contributed by atoms with Crippen LogP contribution < -0.4 is 16.0 Å². The Bertz CT molecular complexity index is 513. The summed E-state index contributed by atoms with van der Waals surface area (Å²) in [5.41, 5.74) is 3.53. The van der Waals surface area contributed by atoms with Crippen LogP contribution in [-0.4, -0.2) is 22.4 Å². The Labute approximate surface area is 98.0 Å². The number of nitrogens with one attached hydrogen (secondary N) is 1. The number of rotatable bonds is 3. The smallest absolute Gasteiger partial charge is 0.162 e. The van der Waals surface area contributed by atoms with E-state index < -0.39 is 0 Å². The third kappa shape index (κ3) is 2.26. The van der Waals surface area contributed by atoms with Gasteiger partial charge in [-0.3, -0.25) is 0 Å². The predicted octanol–water partition coefficient (Wildman–Crippen LogP) is 1.14.